The maximum atomic E-state index is 12.1. The Morgan fingerprint density at radius 2 is 1.83 bits per heavy atom. The van der Waals surface area contributed by atoms with Gasteiger partial charge in [-0.1, -0.05) is 51.5 Å². The number of carbonyl (C=O) groups excluding carboxylic acids is 1. The Balaban J connectivity index is 1.69. The Morgan fingerprint density at radius 1 is 1.04 bits per heavy atom. The van der Waals surface area contributed by atoms with Gasteiger partial charge in [-0.2, -0.15) is 0 Å². The van der Waals surface area contributed by atoms with Crippen molar-refractivity contribution in [1.29, 1.82) is 0 Å². The zero-order valence-corrected chi connectivity index (χ0v) is 15.5. The van der Waals surface area contributed by atoms with E-state index in [9.17, 15) is 4.79 Å². The van der Waals surface area contributed by atoms with Crippen molar-refractivity contribution in [3.63, 3.8) is 0 Å². The molecule has 0 aliphatic heterocycles. The third-order valence-corrected chi connectivity index (χ3v) is 5.08. The van der Waals surface area contributed by atoms with E-state index < -0.39 is 0 Å². The lowest BCUT2D eigenvalue weighted by atomic mass is 10.1. The fourth-order valence-electron chi connectivity index (χ4n) is 2.10. The zero-order chi connectivity index (χ0) is 17.1. The first kappa shape index (κ1) is 16.6. The van der Waals surface area contributed by atoms with Gasteiger partial charge in [0.1, 0.15) is 0 Å². The van der Waals surface area contributed by atoms with Crippen LogP contribution in [-0.4, -0.2) is 16.2 Å². The van der Waals surface area contributed by atoms with Crippen LogP contribution in [0, 0.1) is 13.8 Å². The Bertz CT molecular complexity index is 894. The van der Waals surface area contributed by atoms with E-state index in [2.05, 4.69) is 36.8 Å². The molecule has 24 heavy (non-hydrogen) atoms. The van der Waals surface area contributed by atoms with Crippen molar-refractivity contribution in [2.75, 3.05) is 10.6 Å². The summed E-state index contributed by atoms with van der Waals surface area (Å²) in [4.78, 5) is 12.1. The number of aromatic nitrogens is 2. The number of anilines is 2. The molecule has 0 spiro atoms. The van der Waals surface area contributed by atoms with Crippen LogP contribution in [0.4, 0.5) is 15.6 Å². The van der Waals surface area contributed by atoms with Gasteiger partial charge in [0.25, 0.3) is 0 Å². The van der Waals surface area contributed by atoms with Crippen molar-refractivity contribution in [3.05, 3.63) is 58.1 Å². The van der Waals surface area contributed by atoms with E-state index in [-0.39, 0.29) is 6.03 Å². The smallest absolute Gasteiger partial charge is 0.308 e. The first-order chi connectivity index (χ1) is 11.5. The number of amides is 2. The summed E-state index contributed by atoms with van der Waals surface area (Å²) in [6.45, 7) is 4.04. The first-order valence-corrected chi connectivity index (χ1v) is 8.87. The van der Waals surface area contributed by atoms with Gasteiger partial charge in [0.15, 0.2) is 5.01 Å². The average molecular weight is 403 g/mol. The summed E-state index contributed by atoms with van der Waals surface area (Å²) >= 11 is 4.81. The molecule has 0 saturated carbocycles. The second-order valence-electron chi connectivity index (χ2n) is 5.27. The molecule has 0 radical (unpaired) electrons. The Kier molecular flexibility index (Phi) is 4.92. The van der Waals surface area contributed by atoms with Gasteiger partial charge in [-0.3, -0.25) is 5.32 Å². The molecule has 2 N–H and O–H groups in total. The fourth-order valence-corrected chi connectivity index (χ4v) is 3.48. The highest BCUT2D eigenvalue weighted by molar-refractivity contribution is 9.10. The van der Waals surface area contributed by atoms with Crippen molar-refractivity contribution in [1.82, 2.24) is 10.2 Å². The molecule has 1 aromatic heterocycles. The molecule has 122 valence electrons. The van der Waals surface area contributed by atoms with E-state index >= 15 is 0 Å². The number of nitrogens with zero attached hydrogens (tertiary/aromatic N) is 2. The van der Waals surface area contributed by atoms with E-state index in [4.69, 9.17) is 0 Å². The number of carbonyl (C=O) groups is 1. The van der Waals surface area contributed by atoms with E-state index in [1.807, 2.05) is 56.3 Å². The summed E-state index contributed by atoms with van der Waals surface area (Å²) in [7, 11) is 0. The number of urea groups is 1. The minimum Gasteiger partial charge on any atom is -0.308 e. The highest BCUT2D eigenvalue weighted by Gasteiger charge is 2.11. The topological polar surface area (TPSA) is 66.9 Å². The first-order valence-electron chi connectivity index (χ1n) is 7.26. The number of hydrogen-bond donors (Lipinski definition) is 2. The van der Waals surface area contributed by atoms with Gasteiger partial charge in [-0.15, -0.1) is 10.2 Å². The van der Waals surface area contributed by atoms with Crippen molar-refractivity contribution in [2.45, 2.75) is 13.8 Å². The number of benzene rings is 2. The van der Waals surface area contributed by atoms with Gasteiger partial charge in [0, 0.05) is 15.7 Å². The van der Waals surface area contributed by atoms with E-state index in [1.165, 1.54) is 16.9 Å². The largest absolute Gasteiger partial charge is 0.325 e. The maximum absolute atomic E-state index is 12.1. The van der Waals surface area contributed by atoms with Crippen LogP contribution in [-0.2, 0) is 0 Å². The molecule has 0 atom stereocenters. The number of hydrogen-bond acceptors (Lipinski definition) is 4. The summed E-state index contributed by atoms with van der Waals surface area (Å²) in [6.07, 6.45) is 0. The molecule has 0 saturated heterocycles. The fraction of sp³-hybridized carbons (Fsp3) is 0.118. The van der Waals surface area contributed by atoms with Gasteiger partial charge in [0.05, 0.1) is 0 Å². The Labute approximate surface area is 152 Å². The van der Waals surface area contributed by atoms with Crippen LogP contribution in [0.3, 0.4) is 0 Å². The Morgan fingerprint density at radius 3 is 2.58 bits per heavy atom. The summed E-state index contributed by atoms with van der Waals surface area (Å²) in [5, 5.41) is 14.9. The van der Waals surface area contributed by atoms with Gasteiger partial charge in [-0.05, 0) is 43.2 Å². The van der Waals surface area contributed by atoms with E-state index in [0.717, 1.165) is 26.3 Å². The van der Waals surface area contributed by atoms with Crippen LogP contribution >= 0.6 is 27.3 Å². The standard InChI is InChI=1S/C17H15BrN4OS/c1-10-7-8-12(9-11(10)2)19-16(23)20-17-22-21-15(24-17)13-5-3-4-6-14(13)18/h3-9H,1-2H3,(H2,19,20,22,23). The second kappa shape index (κ2) is 7.11. The van der Waals surface area contributed by atoms with E-state index in [1.54, 1.807) is 0 Å². The van der Waals surface area contributed by atoms with Gasteiger partial charge < -0.3 is 5.32 Å². The number of rotatable bonds is 3. The zero-order valence-electron chi connectivity index (χ0n) is 13.1. The Hall–Kier alpha value is -2.25. The lowest BCUT2D eigenvalue weighted by molar-refractivity contribution is 0.262. The molecule has 3 aromatic rings. The van der Waals surface area contributed by atoms with Crippen LogP contribution in [0.1, 0.15) is 11.1 Å². The minimum absolute atomic E-state index is 0.340. The number of halogens is 1. The summed E-state index contributed by atoms with van der Waals surface area (Å²) in [5.41, 5.74) is 3.99. The lowest BCUT2D eigenvalue weighted by Gasteiger charge is -2.07. The predicted octanol–water partition coefficient (Wildman–Crippen LogP) is 5.23. The average Bonchev–Trinajstić information content (AvgIpc) is 2.99. The third kappa shape index (κ3) is 3.80. The SMILES string of the molecule is Cc1ccc(NC(=O)Nc2nnc(-c3ccccc3Br)s2)cc1C. The van der Waals surface area contributed by atoms with Crippen LogP contribution in [0.25, 0.3) is 10.6 Å². The van der Waals surface area contributed by atoms with Gasteiger partial charge in [-0.25, -0.2) is 4.79 Å². The molecule has 0 bridgehead atoms. The molecular formula is C17H15BrN4OS. The monoisotopic (exact) mass is 402 g/mol. The van der Waals surface area contributed by atoms with Crippen molar-refractivity contribution >= 4 is 44.1 Å². The van der Waals surface area contributed by atoms with Crippen LogP contribution in [0.5, 0.6) is 0 Å². The number of aryl methyl sites for hydroxylation is 2. The van der Waals surface area contributed by atoms with Crippen LogP contribution < -0.4 is 10.6 Å². The molecule has 2 aromatic carbocycles. The summed E-state index contributed by atoms with van der Waals surface area (Å²) < 4.78 is 0.937. The normalized spacial score (nSPS) is 10.5. The highest BCUT2D eigenvalue weighted by Crippen LogP contribution is 2.31. The lowest BCUT2D eigenvalue weighted by Crippen LogP contribution is -2.19. The quantitative estimate of drug-likeness (QED) is 0.630. The molecule has 0 fully saturated rings. The molecule has 0 aliphatic rings. The van der Waals surface area contributed by atoms with Crippen molar-refractivity contribution in [2.24, 2.45) is 0 Å². The molecule has 0 aliphatic carbocycles. The molecule has 2 amide bonds. The number of nitrogens with one attached hydrogen (secondary N) is 2. The van der Waals surface area contributed by atoms with E-state index in [0.29, 0.717) is 5.13 Å². The summed E-state index contributed by atoms with van der Waals surface area (Å²) in [5.74, 6) is 0. The van der Waals surface area contributed by atoms with Crippen molar-refractivity contribution < 1.29 is 4.79 Å². The second-order valence-corrected chi connectivity index (χ2v) is 7.10. The molecule has 5 nitrogen and oxygen atoms in total. The molecule has 0 unspecified atom stereocenters. The van der Waals surface area contributed by atoms with Crippen LogP contribution in [0.2, 0.25) is 0 Å². The van der Waals surface area contributed by atoms with Crippen LogP contribution in [0.15, 0.2) is 46.9 Å². The van der Waals surface area contributed by atoms with Gasteiger partial charge >= 0.3 is 6.03 Å². The molecule has 7 heteroatoms. The maximum Gasteiger partial charge on any atom is 0.325 e. The van der Waals surface area contributed by atoms with Gasteiger partial charge in [0.2, 0.25) is 5.13 Å². The third-order valence-electron chi connectivity index (χ3n) is 3.51. The molecule has 3 rings (SSSR count). The molecule has 1 heterocycles. The van der Waals surface area contributed by atoms with Crippen molar-refractivity contribution in [3.8, 4) is 10.6 Å². The predicted molar refractivity (Wildman–Crippen MR) is 102 cm³/mol. The summed E-state index contributed by atoms with van der Waals surface area (Å²) in [6, 6.07) is 13.2. The molecular weight excluding hydrogens is 388 g/mol. The highest BCUT2D eigenvalue weighted by atomic mass is 79.9. The minimum atomic E-state index is -0.340.